The van der Waals surface area contributed by atoms with Gasteiger partial charge in [-0.15, -0.1) is 0 Å². The first-order chi connectivity index (χ1) is 9.67. The van der Waals surface area contributed by atoms with Gasteiger partial charge in [0.1, 0.15) is 5.75 Å². The number of ether oxygens (including phenoxy) is 1. The van der Waals surface area contributed by atoms with Crippen molar-refractivity contribution in [2.45, 2.75) is 20.4 Å². The Hall–Kier alpha value is -2.30. The second-order valence-corrected chi connectivity index (χ2v) is 4.35. The van der Waals surface area contributed by atoms with Crippen LogP contribution in [0.2, 0.25) is 0 Å². The summed E-state index contributed by atoms with van der Waals surface area (Å²) in [5, 5.41) is 4.13. The van der Waals surface area contributed by atoms with Gasteiger partial charge in [0, 0.05) is 19.8 Å². The van der Waals surface area contributed by atoms with Gasteiger partial charge in [0.05, 0.1) is 24.1 Å². The molecule has 0 radical (unpaired) electrons. The van der Waals surface area contributed by atoms with Gasteiger partial charge in [0.15, 0.2) is 0 Å². The first-order valence-electron chi connectivity index (χ1n) is 6.69. The molecule has 106 valence electrons. The Labute approximate surface area is 118 Å². The van der Waals surface area contributed by atoms with Crippen molar-refractivity contribution >= 4 is 11.6 Å². The number of carbonyl (C=O) groups excluding carboxylic acids is 1. The number of carbonyl (C=O) groups is 1. The average molecular weight is 273 g/mol. The molecule has 5 nitrogen and oxygen atoms in total. The highest BCUT2D eigenvalue weighted by atomic mass is 16.5. The van der Waals surface area contributed by atoms with E-state index in [1.165, 1.54) is 0 Å². The van der Waals surface area contributed by atoms with Crippen LogP contribution in [0.25, 0.3) is 0 Å². The van der Waals surface area contributed by atoms with Crippen LogP contribution < -0.4 is 9.64 Å². The molecule has 0 aliphatic carbocycles. The number of para-hydroxylation sites is 2. The Morgan fingerprint density at radius 1 is 1.35 bits per heavy atom. The zero-order chi connectivity index (χ0) is 14.5. The molecular formula is C15H19N3O2. The molecule has 1 aromatic heterocycles. The number of anilines is 1. The van der Waals surface area contributed by atoms with E-state index < -0.39 is 0 Å². The maximum atomic E-state index is 12.4. The number of amides is 1. The molecule has 2 aromatic rings. The molecule has 20 heavy (non-hydrogen) atoms. The second-order valence-electron chi connectivity index (χ2n) is 4.35. The largest absolute Gasteiger partial charge is 0.492 e. The van der Waals surface area contributed by atoms with Crippen LogP contribution in [0.1, 0.15) is 24.2 Å². The fraction of sp³-hybridized carbons (Fsp3) is 0.333. The van der Waals surface area contributed by atoms with Crippen LogP contribution >= 0.6 is 0 Å². The fourth-order valence-electron chi connectivity index (χ4n) is 1.96. The quantitative estimate of drug-likeness (QED) is 0.841. The highest BCUT2D eigenvalue weighted by Gasteiger charge is 2.18. The lowest BCUT2D eigenvalue weighted by Crippen LogP contribution is -2.26. The molecule has 1 heterocycles. The third kappa shape index (κ3) is 2.82. The van der Waals surface area contributed by atoms with Gasteiger partial charge in [0.2, 0.25) is 0 Å². The molecule has 0 atom stereocenters. The first-order valence-corrected chi connectivity index (χ1v) is 6.69. The predicted octanol–water partition coefficient (Wildman–Crippen LogP) is 2.58. The molecule has 0 bridgehead atoms. The number of nitrogens with zero attached hydrogens (tertiary/aromatic N) is 3. The van der Waals surface area contributed by atoms with Crippen molar-refractivity contribution in [2.24, 2.45) is 0 Å². The van der Waals surface area contributed by atoms with Gasteiger partial charge in [-0.2, -0.15) is 5.10 Å². The van der Waals surface area contributed by atoms with E-state index in [9.17, 15) is 4.79 Å². The van der Waals surface area contributed by atoms with Crippen LogP contribution in [0.15, 0.2) is 36.7 Å². The van der Waals surface area contributed by atoms with Crippen molar-refractivity contribution in [3.63, 3.8) is 0 Å². The van der Waals surface area contributed by atoms with Crippen LogP contribution in [0.4, 0.5) is 5.69 Å². The lowest BCUT2D eigenvalue weighted by molar-refractivity contribution is 0.0992. The zero-order valence-electron chi connectivity index (χ0n) is 12.0. The van der Waals surface area contributed by atoms with Crippen molar-refractivity contribution < 1.29 is 9.53 Å². The van der Waals surface area contributed by atoms with Crippen LogP contribution in [0.3, 0.4) is 0 Å². The van der Waals surface area contributed by atoms with Gasteiger partial charge >= 0.3 is 0 Å². The number of aromatic nitrogens is 2. The molecular weight excluding hydrogens is 254 g/mol. The van der Waals surface area contributed by atoms with Gasteiger partial charge in [-0.3, -0.25) is 9.48 Å². The maximum absolute atomic E-state index is 12.4. The molecule has 0 aliphatic heterocycles. The number of aryl methyl sites for hydroxylation is 1. The number of hydrogen-bond acceptors (Lipinski definition) is 3. The van der Waals surface area contributed by atoms with Crippen molar-refractivity contribution in [3.05, 3.63) is 42.2 Å². The van der Waals surface area contributed by atoms with E-state index in [0.29, 0.717) is 17.9 Å². The van der Waals surface area contributed by atoms with E-state index in [2.05, 4.69) is 5.10 Å². The molecule has 0 saturated heterocycles. The molecule has 5 heteroatoms. The molecule has 0 N–H and O–H groups in total. The average Bonchev–Trinajstić information content (AvgIpc) is 2.95. The predicted molar refractivity (Wildman–Crippen MR) is 78.2 cm³/mol. The Kier molecular flexibility index (Phi) is 4.40. The summed E-state index contributed by atoms with van der Waals surface area (Å²) in [5.41, 5.74) is 1.32. The zero-order valence-corrected chi connectivity index (χ0v) is 12.0. The number of hydrogen-bond donors (Lipinski definition) is 0. The van der Waals surface area contributed by atoms with Crippen molar-refractivity contribution in [1.82, 2.24) is 9.78 Å². The smallest absolute Gasteiger partial charge is 0.261 e. The van der Waals surface area contributed by atoms with Crippen molar-refractivity contribution in [3.8, 4) is 5.75 Å². The third-order valence-corrected chi connectivity index (χ3v) is 3.04. The molecule has 0 saturated carbocycles. The van der Waals surface area contributed by atoms with Gasteiger partial charge < -0.3 is 9.64 Å². The highest BCUT2D eigenvalue weighted by molar-refractivity contribution is 6.06. The van der Waals surface area contributed by atoms with Crippen molar-refractivity contribution in [2.75, 3.05) is 18.6 Å². The van der Waals surface area contributed by atoms with Crippen LogP contribution in [-0.4, -0.2) is 29.3 Å². The minimum atomic E-state index is -0.100. The van der Waals surface area contributed by atoms with Crippen LogP contribution in [0, 0.1) is 0 Å². The Bertz CT molecular complexity index is 592. The highest BCUT2D eigenvalue weighted by Crippen LogP contribution is 2.28. The summed E-state index contributed by atoms with van der Waals surface area (Å²) in [6.45, 7) is 5.21. The molecule has 0 aliphatic rings. The Morgan fingerprint density at radius 2 is 2.10 bits per heavy atom. The molecule has 0 fully saturated rings. The molecule has 1 aromatic carbocycles. The standard InChI is InChI=1S/C15H19N3O2/c1-4-18-11-12(10-16-18)15(19)17(3)13-8-6-7-9-14(13)20-5-2/h6-11H,4-5H2,1-3H3. The first kappa shape index (κ1) is 14.1. The van der Waals surface area contributed by atoms with Gasteiger partial charge in [-0.05, 0) is 26.0 Å². The normalized spacial score (nSPS) is 10.3. The molecule has 0 unspecified atom stereocenters. The van der Waals surface area contributed by atoms with Crippen LogP contribution in [0.5, 0.6) is 5.75 Å². The van der Waals surface area contributed by atoms with E-state index in [0.717, 1.165) is 12.2 Å². The van der Waals surface area contributed by atoms with Crippen LogP contribution in [-0.2, 0) is 6.54 Å². The number of rotatable bonds is 5. The van der Waals surface area contributed by atoms with E-state index in [1.807, 2.05) is 38.1 Å². The van der Waals surface area contributed by atoms with Crippen molar-refractivity contribution in [1.29, 1.82) is 0 Å². The second kappa shape index (κ2) is 6.23. The molecule has 2 rings (SSSR count). The molecule has 1 amide bonds. The minimum Gasteiger partial charge on any atom is -0.492 e. The monoisotopic (exact) mass is 273 g/mol. The fourth-order valence-corrected chi connectivity index (χ4v) is 1.96. The van der Waals surface area contributed by atoms with E-state index in [4.69, 9.17) is 4.74 Å². The molecule has 0 spiro atoms. The number of benzene rings is 1. The summed E-state index contributed by atoms with van der Waals surface area (Å²) in [5.74, 6) is 0.602. The van der Waals surface area contributed by atoms with E-state index in [1.54, 1.807) is 29.0 Å². The van der Waals surface area contributed by atoms with Gasteiger partial charge in [0.25, 0.3) is 5.91 Å². The summed E-state index contributed by atoms with van der Waals surface area (Å²) in [6.07, 6.45) is 3.34. The lowest BCUT2D eigenvalue weighted by Gasteiger charge is -2.19. The van der Waals surface area contributed by atoms with Gasteiger partial charge in [-0.25, -0.2) is 0 Å². The van der Waals surface area contributed by atoms with E-state index >= 15 is 0 Å². The Morgan fingerprint density at radius 3 is 2.75 bits per heavy atom. The Balaban J connectivity index is 2.26. The maximum Gasteiger partial charge on any atom is 0.261 e. The SMILES string of the molecule is CCOc1ccccc1N(C)C(=O)c1cnn(CC)c1. The summed E-state index contributed by atoms with van der Waals surface area (Å²) in [7, 11) is 1.74. The summed E-state index contributed by atoms with van der Waals surface area (Å²) >= 11 is 0. The summed E-state index contributed by atoms with van der Waals surface area (Å²) in [4.78, 5) is 14.0. The summed E-state index contributed by atoms with van der Waals surface area (Å²) in [6, 6.07) is 7.50. The van der Waals surface area contributed by atoms with Gasteiger partial charge in [-0.1, -0.05) is 12.1 Å². The minimum absolute atomic E-state index is 0.100. The topological polar surface area (TPSA) is 47.4 Å². The lowest BCUT2D eigenvalue weighted by atomic mass is 10.2. The van der Waals surface area contributed by atoms with E-state index in [-0.39, 0.29) is 5.91 Å². The third-order valence-electron chi connectivity index (χ3n) is 3.04. The summed E-state index contributed by atoms with van der Waals surface area (Å²) < 4.78 is 7.29.